The average Bonchev–Trinajstić information content (AvgIpc) is 3.36. The molecule has 0 radical (unpaired) electrons. The third-order valence-corrected chi connectivity index (χ3v) is 9.00. The molecule has 4 rings (SSSR count). The maximum Gasteiger partial charge on any atom is 0.217 e. The molecule has 0 amide bonds. The number of aliphatic hydroxyl groups is 1. The number of hydrazine groups is 2. The Kier molecular flexibility index (Phi) is 7.00. The molecule has 0 aliphatic carbocycles. The van der Waals surface area contributed by atoms with Crippen LogP contribution in [-0.4, -0.2) is 106 Å². The predicted molar refractivity (Wildman–Crippen MR) is 112 cm³/mol. The summed E-state index contributed by atoms with van der Waals surface area (Å²) in [5.41, 5.74) is 6.57. The molecule has 0 spiro atoms. The molecule has 12 heteroatoms. The van der Waals surface area contributed by atoms with Crippen LogP contribution in [0.2, 0.25) is 0 Å². The highest BCUT2D eigenvalue weighted by atomic mass is 32.2. The number of rotatable bonds is 6. The summed E-state index contributed by atoms with van der Waals surface area (Å²) < 4.78 is 35.1. The van der Waals surface area contributed by atoms with E-state index < -0.39 is 15.3 Å². The van der Waals surface area contributed by atoms with Gasteiger partial charge in [-0.1, -0.05) is 0 Å². The number of aliphatic hydroxyl groups excluding tert-OH is 1. The van der Waals surface area contributed by atoms with Crippen LogP contribution < -0.4 is 26.2 Å². The van der Waals surface area contributed by atoms with Crippen molar-refractivity contribution in [3.05, 3.63) is 0 Å². The minimum Gasteiger partial charge on any atom is -0.393 e. The van der Waals surface area contributed by atoms with Gasteiger partial charge in [0.1, 0.15) is 11.5 Å². The standard InChI is InChI=1S/C18H37N7O4S/c1-11(26)12-4-5-19-15(6-12)25-10-14(9-22-25)30(27,28)23-16-17-13(8-21-24(17)2)7-20-18(16)29-3/h11-23,26H,4-10H2,1-3H3. The molecule has 6 N–H and O–H groups in total. The van der Waals surface area contributed by atoms with E-state index in [0.29, 0.717) is 19.0 Å². The Morgan fingerprint density at radius 2 is 2.00 bits per heavy atom. The fraction of sp³-hybridized carbons (Fsp3) is 1.00. The molecule has 11 nitrogen and oxygen atoms in total. The number of methoxy groups -OCH3 is 1. The van der Waals surface area contributed by atoms with Crippen molar-refractivity contribution in [2.75, 3.05) is 46.9 Å². The van der Waals surface area contributed by atoms with Crippen molar-refractivity contribution in [2.45, 2.75) is 55.6 Å². The number of nitrogens with zero attached hydrogens (tertiary/aromatic N) is 2. The number of hydrogen-bond acceptors (Lipinski definition) is 10. The normalized spacial score (nSPS) is 42.3. The van der Waals surface area contributed by atoms with Crippen LogP contribution in [0.4, 0.5) is 0 Å². The van der Waals surface area contributed by atoms with Crippen LogP contribution in [0.25, 0.3) is 0 Å². The van der Waals surface area contributed by atoms with Gasteiger partial charge >= 0.3 is 0 Å². The van der Waals surface area contributed by atoms with Crippen molar-refractivity contribution >= 4 is 10.0 Å². The van der Waals surface area contributed by atoms with Crippen LogP contribution in [0.1, 0.15) is 19.8 Å². The zero-order valence-corrected chi connectivity index (χ0v) is 18.9. The van der Waals surface area contributed by atoms with Crippen molar-refractivity contribution in [1.82, 2.24) is 36.2 Å². The van der Waals surface area contributed by atoms with Crippen molar-refractivity contribution in [1.29, 1.82) is 0 Å². The van der Waals surface area contributed by atoms with E-state index in [4.69, 9.17) is 4.74 Å². The fourth-order valence-corrected chi connectivity index (χ4v) is 6.85. The minimum absolute atomic E-state index is 0.0242. The van der Waals surface area contributed by atoms with Gasteiger partial charge < -0.3 is 15.2 Å². The van der Waals surface area contributed by atoms with E-state index in [-0.39, 0.29) is 36.5 Å². The third-order valence-electron chi connectivity index (χ3n) is 7.20. The first-order valence-electron chi connectivity index (χ1n) is 11.0. The van der Waals surface area contributed by atoms with E-state index in [2.05, 4.69) is 26.2 Å². The van der Waals surface area contributed by atoms with Crippen LogP contribution in [0.5, 0.6) is 0 Å². The zero-order valence-electron chi connectivity index (χ0n) is 18.0. The van der Waals surface area contributed by atoms with Gasteiger partial charge in [-0.25, -0.2) is 23.2 Å². The Balaban J connectivity index is 1.41. The second kappa shape index (κ2) is 9.22. The number of nitrogens with one attached hydrogen (secondary N) is 5. The summed E-state index contributed by atoms with van der Waals surface area (Å²) >= 11 is 0. The number of ether oxygens (including phenoxy) is 1. The molecule has 174 valence electrons. The summed E-state index contributed by atoms with van der Waals surface area (Å²) in [5.74, 6) is 0.543. The van der Waals surface area contributed by atoms with Gasteiger partial charge in [-0.3, -0.25) is 16.2 Å². The van der Waals surface area contributed by atoms with Crippen LogP contribution in [0.3, 0.4) is 0 Å². The van der Waals surface area contributed by atoms with Crippen LogP contribution >= 0.6 is 0 Å². The number of sulfonamides is 1. The lowest BCUT2D eigenvalue weighted by molar-refractivity contribution is -0.0106. The molecule has 8 atom stereocenters. The molecule has 4 aliphatic heterocycles. The molecule has 0 aromatic rings. The lowest BCUT2D eigenvalue weighted by Gasteiger charge is -2.42. The van der Waals surface area contributed by atoms with Gasteiger partial charge in [-0.2, -0.15) is 0 Å². The summed E-state index contributed by atoms with van der Waals surface area (Å²) in [4.78, 5) is 0. The largest absolute Gasteiger partial charge is 0.393 e. The Bertz CT molecular complexity index is 696. The second-order valence-electron chi connectivity index (χ2n) is 9.11. The van der Waals surface area contributed by atoms with E-state index in [9.17, 15) is 13.5 Å². The topological polar surface area (TPSA) is 130 Å². The van der Waals surface area contributed by atoms with Crippen LogP contribution in [-0.2, 0) is 14.8 Å². The highest BCUT2D eigenvalue weighted by Gasteiger charge is 2.48. The van der Waals surface area contributed by atoms with E-state index >= 15 is 0 Å². The maximum atomic E-state index is 13.3. The molecular formula is C18H37N7O4S. The molecule has 30 heavy (non-hydrogen) atoms. The monoisotopic (exact) mass is 447 g/mol. The summed E-state index contributed by atoms with van der Waals surface area (Å²) in [7, 11) is -0.0124. The lowest BCUT2D eigenvalue weighted by Crippen LogP contribution is -2.67. The van der Waals surface area contributed by atoms with Gasteiger partial charge in [-0.05, 0) is 32.2 Å². The zero-order chi connectivity index (χ0) is 21.5. The van der Waals surface area contributed by atoms with E-state index in [1.54, 1.807) is 7.11 Å². The Morgan fingerprint density at radius 3 is 2.73 bits per heavy atom. The molecule has 8 unspecified atom stereocenters. The van der Waals surface area contributed by atoms with Crippen molar-refractivity contribution in [3.63, 3.8) is 0 Å². The first-order chi connectivity index (χ1) is 14.3. The smallest absolute Gasteiger partial charge is 0.217 e. The molecule has 0 bridgehead atoms. The molecule has 4 saturated heterocycles. The van der Waals surface area contributed by atoms with Gasteiger partial charge in [0.05, 0.1) is 18.3 Å². The Labute approximate surface area is 179 Å². The lowest BCUT2D eigenvalue weighted by atomic mass is 9.90. The fourth-order valence-electron chi connectivity index (χ4n) is 5.36. The number of likely N-dealkylation sites (N-methyl/N-ethyl adjacent to an activating group) is 1. The third kappa shape index (κ3) is 4.53. The Hall–Kier alpha value is -0.410. The number of piperidine rings is 2. The predicted octanol–water partition coefficient (Wildman–Crippen LogP) is -2.82. The van der Waals surface area contributed by atoms with Crippen LogP contribution in [0.15, 0.2) is 0 Å². The summed E-state index contributed by atoms with van der Waals surface area (Å²) in [6.07, 6.45) is 1.02. The summed E-state index contributed by atoms with van der Waals surface area (Å²) in [5, 5.41) is 20.2. The highest BCUT2D eigenvalue weighted by molar-refractivity contribution is 7.90. The highest BCUT2D eigenvalue weighted by Crippen LogP contribution is 2.26. The molecule has 4 aliphatic rings. The second-order valence-corrected chi connectivity index (χ2v) is 11.1. The van der Waals surface area contributed by atoms with E-state index in [1.165, 1.54) is 0 Å². The summed E-state index contributed by atoms with van der Waals surface area (Å²) in [6.45, 7) is 5.02. The van der Waals surface area contributed by atoms with Gasteiger partial charge in [0.25, 0.3) is 0 Å². The molecular weight excluding hydrogens is 410 g/mol. The average molecular weight is 448 g/mol. The SMILES string of the molecule is COC1NCC2CNN(C)C2C1NS(=O)(=O)C1CNN(C2CC(C(C)O)CCN2)C1. The summed E-state index contributed by atoms with van der Waals surface area (Å²) in [6, 6.07) is -0.344. The maximum absolute atomic E-state index is 13.3. The van der Waals surface area contributed by atoms with Crippen molar-refractivity contribution in [2.24, 2.45) is 11.8 Å². The minimum atomic E-state index is -3.57. The molecule has 0 saturated carbocycles. The molecule has 4 heterocycles. The van der Waals surface area contributed by atoms with Gasteiger partial charge in [-0.15, -0.1) is 0 Å². The van der Waals surface area contributed by atoms with Gasteiger partial charge in [0.2, 0.25) is 10.0 Å². The van der Waals surface area contributed by atoms with Crippen molar-refractivity contribution in [3.8, 4) is 0 Å². The number of hydrogen-bond donors (Lipinski definition) is 6. The van der Waals surface area contributed by atoms with E-state index in [0.717, 1.165) is 32.5 Å². The number of fused-ring (bicyclic) bond motifs is 1. The van der Waals surface area contributed by atoms with Gasteiger partial charge in [0.15, 0.2) is 0 Å². The molecule has 0 aromatic carbocycles. The first-order valence-corrected chi connectivity index (χ1v) is 12.5. The molecule has 4 fully saturated rings. The molecule has 0 aromatic heterocycles. The van der Waals surface area contributed by atoms with Crippen LogP contribution in [0, 0.1) is 11.8 Å². The Morgan fingerprint density at radius 1 is 1.20 bits per heavy atom. The van der Waals surface area contributed by atoms with Gasteiger partial charge in [0, 0.05) is 52.3 Å². The van der Waals surface area contributed by atoms with E-state index in [1.807, 2.05) is 24.0 Å². The first kappa shape index (κ1) is 22.8. The quantitative estimate of drug-likeness (QED) is 0.254. The van der Waals surface area contributed by atoms with Crippen molar-refractivity contribution < 1.29 is 18.3 Å².